The highest BCUT2D eigenvalue weighted by atomic mass is 32.1. The van der Waals surface area contributed by atoms with Crippen molar-refractivity contribution in [2.24, 2.45) is 5.92 Å². The Morgan fingerprint density at radius 3 is 2.56 bits per heavy atom. The molecule has 0 fully saturated rings. The van der Waals surface area contributed by atoms with Crippen LogP contribution in [0.25, 0.3) is 20.4 Å². The highest BCUT2D eigenvalue weighted by Crippen LogP contribution is 2.41. The van der Waals surface area contributed by atoms with Gasteiger partial charge in [-0.2, -0.15) is 0 Å². The van der Waals surface area contributed by atoms with E-state index in [4.69, 9.17) is 9.97 Å². The summed E-state index contributed by atoms with van der Waals surface area (Å²) in [4.78, 5) is 15.7. The molecule has 1 aliphatic rings. The van der Waals surface area contributed by atoms with E-state index >= 15 is 0 Å². The smallest absolute Gasteiger partial charge is 0.147 e. The molecule has 1 atom stereocenters. The second-order valence-electron chi connectivity index (χ2n) is 9.57. The van der Waals surface area contributed by atoms with Crippen LogP contribution in [0, 0.1) is 5.92 Å². The molecule has 5 heteroatoms. The van der Waals surface area contributed by atoms with Crippen LogP contribution in [0.1, 0.15) is 62.4 Å². The van der Waals surface area contributed by atoms with Crippen molar-refractivity contribution in [2.75, 3.05) is 5.32 Å². The fraction of sp³-hybridized carbons (Fsp3) is 0.444. The molecule has 32 heavy (non-hydrogen) atoms. The molecule has 0 bridgehead atoms. The molecule has 1 aromatic carbocycles. The number of pyridine rings is 1. The molecule has 0 aliphatic heterocycles. The van der Waals surface area contributed by atoms with Gasteiger partial charge in [0.1, 0.15) is 17.0 Å². The molecule has 3 aromatic heterocycles. The third-order valence-electron chi connectivity index (χ3n) is 6.50. The SMILES string of the molecule is CC(C)Cc1nc2sc3c(NC(C)CCc4ccccc4)ncnc3c2c2c1CCCC2. The standard InChI is InChI=1S/C27H32N4S/c1-17(2)15-22-20-11-7-8-12-21(20)23-24-25(32-27(23)31-22)26(29-16-28-24)30-18(3)13-14-19-9-5-4-6-10-19/h4-6,9-10,16-18H,7-8,11-15H2,1-3H3,(H,28,29,30). The van der Waals surface area contributed by atoms with E-state index in [0.29, 0.717) is 12.0 Å². The monoisotopic (exact) mass is 444 g/mol. The molecule has 3 heterocycles. The van der Waals surface area contributed by atoms with Crippen molar-refractivity contribution in [2.45, 2.75) is 71.8 Å². The van der Waals surface area contributed by atoms with Gasteiger partial charge in [0.15, 0.2) is 0 Å². The Morgan fingerprint density at radius 1 is 1.00 bits per heavy atom. The number of nitrogens with zero attached hydrogens (tertiary/aromatic N) is 3. The maximum absolute atomic E-state index is 5.19. The molecule has 4 aromatic rings. The Labute approximate surface area is 194 Å². The number of thiophene rings is 1. The van der Waals surface area contributed by atoms with Gasteiger partial charge in [0.05, 0.1) is 10.2 Å². The summed E-state index contributed by atoms with van der Waals surface area (Å²) in [7, 11) is 0. The van der Waals surface area contributed by atoms with Gasteiger partial charge in [-0.05, 0) is 74.5 Å². The maximum Gasteiger partial charge on any atom is 0.147 e. The van der Waals surface area contributed by atoms with Crippen molar-refractivity contribution in [3.8, 4) is 0 Å². The van der Waals surface area contributed by atoms with Crippen LogP contribution >= 0.6 is 11.3 Å². The van der Waals surface area contributed by atoms with E-state index in [0.717, 1.165) is 53.0 Å². The molecular formula is C27H32N4S. The number of hydrogen-bond acceptors (Lipinski definition) is 5. The van der Waals surface area contributed by atoms with Crippen LogP contribution in [-0.4, -0.2) is 21.0 Å². The number of fused-ring (bicyclic) bond motifs is 5. The van der Waals surface area contributed by atoms with Gasteiger partial charge in [0.25, 0.3) is 0 Å². The van der Waals surface area contributed by atoms with Crippen molar-refractivity contribution in [1.82, 2.24) is 15.0 Å². The average molecular weight is 445 g/mol. The van der Waals surface area contributed by atoms with Gasteiger partial charge in [-0.25, -0.2) is 15.0 Å². The van der Waals surface area contributed by atoms with Crippen molar-refractivity contribution in [3.63, 3.8) is 0 Å². The first-order valence-electron chi connectivity index (χ1n) is 12.0. The van der Waals surface area contributed by atoms with Crippen LogP contribution < -0.4 is 5.32 Å². The highest BCUT2D eigenvalue weighted by molar-refractivity contribution is 7.26. The number of benzene rings is 1. The Morgan fingerprint density at radius 2 is 1.78 bits per heavy atom. The van der Waals surface area contributed by atoms with Crippen LogP contribution in [0.3, 0.4) is 0 Å². The predicted molar refractivity (Wildman–Crippen MR) is 136 cm³/mol. The molecule has 0 amide bonds. The Hall–Kier alpha value is -2.53. The molecule has 1 N–H and O–H groups in total. The second kappa shape index (κ2) is 9.14. The zero-order chi connectivity index (χ0) is 22.1. The summed E-state index contributed by atoms with van der Waals surface area (Å²) in [6, 6.07) is 11.0. The first kappa shape index (κ1) is 21.3. The normalized spacial score (nSPS) is 14.8. The number of rotatable bonds is 7. The van der Waals surface area contributed by atoms with Gasteiger partial charge < -0.3 is 5.32 Å². The number of aromatic nitrogens is 3. The topological polar surface area (TPSA) is 50.7 Å². The minimum absolute atomic E-state index is 0.330. The number of anilines is 1. The molecule has 0 saturated heterocycles. The summed E-state index contributed by atoms with van der Waals surface area (Å²) in [6.07, 6.45) is 9.73. The van der Waals surface area contributed by atoms with Crippen molar-refractivity contribution in [1.29, 1.82) is 0 Å². The van der Waals surface area contributed by atoms with E-state index in [2.05, 4.69) is 61.4 Å². The van der Waals surface area contributed by atoms with Gasteiger partial charge >= 0.3 is 0 Å². The van der Waals surface area contributed by atoms with Crippen molar-refractivity contribution >= 4 is 37.6 Å². The lowest BCUT2D eigenvalue weighted by Crippen LogP contribution is -2.17. The number of hydrogen-bond donors (Lipinski definition) is 1. The first-order valence-corrected chi connectivity index (χ1v) is 12.8. The minimum atomic E-state index is 0.330. The highest BCUT2D eigenvalue weighted by Gasteiger charge is 2.23. The minimum Gasteiger partial charge on any atom is -0.366 e. The summed E-state index contributed by atoms with van der Waals surface area (Å²) in [5.41, 5.74) is 6.78. The molecule has 1 aliphatic carbocycles. The molecule has 0 saturated carbocycles. The van der Waals surface area contributed by atoms with Crippen molar-refractivity contribution < 1.29 is 0 Å². The molecule has 0 spiro atoms. The predicted octanol–water partition coefficient (Wildman–Crippen LogP) is 6.75. The second-order valence-corrected chi connectivity index (χ2v) is 10.6. The van der Waals surface area contributed by atoms with E-state index in [9.17, 15) is 0 Å². The lowest BCUT2D eigenvalue weighted by Gasteiger charge is -2.20. The molecule has 166 valence electrons. The quantitative estimate of drug-likeness (QED) is 0.342. The van der Waals surface area contributed by atoms with Gasteiger partial charge in [-0.1, -0.05) is 44.2 Å². The molecular weight excluding hydrogens is 412 g/mol. The zero-order valence-electron chi connectivity index (χ0n) is 19.3. The first-order chi connectivity index (χ1) is 15.6. The van der Waals surface area contributed by atoms with Gasteiger partial charge in [0.2, 0.25) is 0 Å². The van der Waals surface area contributed by atoms with E-state index in [1.807, 2.05) is 0 Å². The molecule has 5 rings (SSSR count). The van der Waals surface area contributed by atoms with E-state index in [1.165, 1.54) is 40.6 Å². The van der Waals surface area contributed by atoms with Gasteiger partial charge in [-0.15, -0.1) is 11.3 Å². The maximum atomic E-state index is 5.19. The summed E-state index contributed by atoms with van der Waals surface area (Å²) in [5.74, 6) is 1.57. The number of nitrogens with one attached hydrogen (secondary N) is 1. The van der Waals surface area contributed by atoms with Crippen LogP contribution in [-0.2, 0) is 25.7 Å². The Kier molecular flexibility index (Phi) is 6.09. The van der Waals surface area contributed by atoms with Crippen LogP contribution in [0.2, 0.25) is 0 Å². The van der Waals surface area contributed by atoms with Crippen LogP contribution in [0.15, 0.2) is 36.7 Å². The third-order valence-corrected chi connectivity index (χ3v) is 7.58. The summed E-state index contributed by atoms with van der Waals surface area (Å²) >= 11 is 1.76. The zero-order valence-corrected chi connectivity index (χ0v) is 20.1. The lowest BCUT2D eigenvalue weighted by atomic mass is 9.87. The fourth-order valence-corrected chi connectivity index (χ4v) is 6.06. The third kappa shape index (κ3) is 4.23. The molecule has 4 nitrogen and oxygen atoms in total. The van der Waals surface area contributed by atoms with Crippen molar-refractivity contribution in [3.05, 3.63) is 59.0 Å². The van der Waals surface area contributed by atoms with E-state index < -0.39 is 0 Å². The molecule has 1 unspecified atom stereocenters. The average Bonchev–Trinajstić information content (AvgIpc) is 3.18. The van der Waals surface area contributed by atoms with Crippen LogP contribution in [0.5, 0.6) is 0 Å². The summed E-state index contributed by atoms with van der Waals surface area (Å²) in [6.45, 7) is 6.82. The number of aryl methyl sites for hydroxylation is 2. The largest absolute Gasteiger partial charge is 0.366 e. The van der Waals surface area contributed by atoms with E-state index in [1.54, 1.807) is 17.7 Å². The fourth-order valence-electron chi connectivity index (χ4n) is 4.93. The van der Waals surface area contributed by atoms with E-state index in [-0.39, 0.29) is 0 Å². The Balaban J connectivity index is 1.50. The Bertz CT molecular complexity index is 1230. The summed E-state index contributed by atoms with van der Waals surface area (Å²) in [5, 5.41) is 4.96. The van der Waals surface area contributed by atoms with Gasteiger partial charge in [-0.3, -0.25) is 0 Å². The summed E-state index contributed by atoms with van der Waals surface area (Å²) < 4.78 is 1.15. The lowest BCUT2D eigenvalue weighted by molar-refractivity contribution is 0.615. The molecule has 0 radical (unpaired) electrons. The van der Waals surface area contributed by atoms with Crippen LogP contribution in [0.4, 0.5) is 5.82 Å². The van der Waals surface area contributed by atoms with Gasteiger partial charge in [0, 0.05) is 17.1 Å².